The van der Waals surface area contributed by atoms with Gasteiger partial charge in [-0.05, 0) is 41.0 Å². The molecule has 1 N–H and O–H groups in total. The maximum absolute atomic E-state index is 13.8. The van der Waals surface area contributed by atoms with Gasteiger partial charge < -0.3 is 15.0 Å². The summed E-state index contributed by atoms with van der Waals surface area (Å²) in [6, 6.07) is 17.7. The maximum atomic E-state index is 13.8. The Kier molecular flexibility index (Phi) is 7.27. The van der Waals surface area contributed by atoms with Gasteiger partial charge in [-0.2, -0.15) is 12.6 Å². The summed E-state index contributed by atoms with van der Waals surface area (Å²) in [5, 5.41) is 5.52. The van der Waals surface area contributed by atoms with Crippen molar-refractivity contribution >= 4 is 29.5 Å². The fraction of sp³-hybridized carbons (Fsp3) is 0.320. The van der Waals surface area contributed by atoms with Crippen LogP contribution in [-0.4, -0.2) is 42.0 Å². The molecule has 1 aliphatic heterocycles. The van der Waals surface area contributed by atoms with Crippen LogP contribution in [0.4, 0.5) is 13.6 Å². The molecular formula is C25H26F2N2O2S. The number of hydrogen-bond acceptors (Lipinski definition) is 4. The fourth-order valence-corrected chi connectivity index (χ4v) is 4.51. The molecule has 0 aromatic heterocycles. The largest absolute Gasteiger partial charge is 0.449 e. The summed E-state index contributed by atoms with van der Waals surface area (Å²) in [5.74, 6) is -0.932. The molecule has 0 unspecified atom stereocenters. The second kappa shape index (κ2) is 10.3. The van der Waals surface area contributed by atoms with Gasteiger partial charge in [-0.15, -0.1) is 0 Å². The van der Waals surface area contributed by atoms with Crippen molar-refractivity contribution in [3.8, 4) is 0 Å². The first-order valence-corrected chi connectivity index (χ1v) is 11.2. The van der Waals surface area contributed by atoms with Crippen LogP contribution in [0.1, 0.15) is 17.5 Å². The molecule has 2 atom stereocenters. The molecule has 1 amide bonds. The number of nitrogens with zero attached hydrogens (tertiary/aromatic N) is 1. The average Bonchev–Trinajstić information content (AvgIpc) is 3.16. The van der Waals surface area contributed by atoms with Gasteiger partial charge >= 0.3 is 6.09 Å². The Bertz CT molecular complexity index is 1090. The SMILES string of the molecule is O=C(OCCc1ccc2ccccc2c1)N1C[C@H](S)C[C@H]1CNCc1cc(F)ccc1F. The average molecular weight is 457 g/mol. The Balaban J connectivity index is 1.28. The van der Waals surface area contributed by atoms with Gasteiger partial charge in [0, 0.05) is 42.9 Å². The Hall–Kier alpha value is -2.64. The fourth-order valence-electron chi connectivity index (χ4n) is 4.09. The van der Waals surface area contributed by atoms with E-state index in [0.29, 0.717) is 32.5 Å². The lowest BCUT2D eigenvalue weighted by molar-refractivity contribution is 0.0988. The van der Waals surface area contributed by atoms with Crippen molar-refractivity contribution in [2.45, 2.75) is 30.7 Å². The Labute approximate surface area is 192 Å². The molecule has 0 radical (unpaired) electrons. The Morgan fingerprint density at radius 2 is 1.91 bits per heavy atom. The van der Waals surface area contributed by atoms with E-state index in [-0.39, 0.29) is 29.5 Å². The maximum Gasteiger partial charge on any atom is 0.410 e. The van der Waals surface area contributed by atoms with Gasteiger partial charge in [-0.1, -0.05) is 42.5 Å². The van der Waals surface area contributed by atoms with Crippen LogP contribution in [0.3, 0.4) is 0 Å². The minimum Gasteiger partial charge on any atom is -0.449 e. The molecule has 1 heterocycles. The van der Waals surface area contributed by atoms with Crippen molar-refractivity contribution in [2.75, 3.05) is 19.7 Å². The summed E-state index contributed by atoms with van der Waals surface area (Å²) in [6.07, 6.45) is 0.976. The summed E-state index contributed by atoms with van der Waals surface area (Å²) in [4.78, 5) is 14.3. The van der Waals surface area contributed by atoms with Crippen molar-refractivity contribution in [1.82, 2.24) is 10.2 Å². The normalized spacial score (nSPS) is 18.3. The van der Waals surface area contributed by atoms with Crippen LogP contribution in [0.2, 0.25) is 0 Å². The molecule has 1 aliphatic rings. The van der Waals surface area contributed by atoms with Crippen LogP contribution >= 0.6 is 12.6 Å². The second-order valence-corrected chi connectivity index (χ2v) is 8.84. The minimum atomic E-state index is -0.476. The zero-order chi connectivity index (χ0) is 22.5. The lowest BCUT2D eigenvalue weighted by atomic mass is 10.1. The quantitative estimate of drug-likeness (QED) is 0.494. The van der Waals surface area contributed by atoms with Crippen molar-refractivity contribution in [2.24, 2.45) is 0 Å². The van der Waals surface area contributed by atoms with Gasteiger partial charge in [0.05, 0.1) is 6.61 Å². The van der Waals surface area contributed by atoms with Gasteiger partial charge in [0.1, 0.15) is 11.6 Å². The lowest BCUT2D eigenvalue weighted by Crippen LogP contribution is -2.42. The lowest BCUT2D eigenvalue weighted by Gasteiger charge is -2.24. The van der Waals surface area contributed by atoms with Gasteiger partial charge in [0.25, 0.3) is 0 Å². The zero-order valence-corrected chi connectivity index (χ0v) is 18.5. The predicted molar refractivity (Wildman–Crippen MR) is 125 cm³/mol. The number of amides is 1. The van der Waals surface area contributed by atoms with E-state index in [1.165, 1.54) is 11.5 Å². The first kappa shape index (κ1) is 22.6. The molecule has 168 valence electrons. The monoisotopic (exact) mass is 456 g/mol. The Morgan fingerprint density at radius 1 is 1.09 bits per heavy atom. The zero-order valence-electron chi connectivity index (χ0n) is 17.6. The smallest absolute Gasteiger partial charge is 0.410 e. The van der Waals surface area contributed by atoms with E-state index in [1.54, 1.807) is 4.90 Å². The van der Waals surface area contributed by atoms with E-state index in [1.807, 2.05) is 18.2 Å². The number of thiol groups is 1. The van der Waals surface area contributed by atoms with E-state index in [9.17, 15) is 13.6 Å². The highest BCUT2D eigenvalue weighted by Crippen LogP contribution is 2.23. The molecule has 3 aromatic carbocycles. The van der Waals surface area contributed by atoms with Crippen molar-refractivity contribution < 1.29 is 18.3 Å². The number of likely N-dealkylation sites (tertiary alicyclic amines) is 1. The van der Waals surface area contributed by atoms with Gasteiger partial charge in [0.2, 0.25) is 0 Å². The first-order chi connectivity index (χ1) is 15.5. The number of ether oxygens (including phenoxy) is 1. The molecule has 0 bridgehead atoms. The van der Waals surface area contributed by atoms with Crippen LogP contribution in [0.5, 0.6) is 0 Å². The summed E-state index contributed by atoms with van der Waals surface area (Å²) < 4.78 is 32.7. The van der Waals surface area contributed by atoms with Crippen molar-refractivity contribution in [1.29, 1.82) is 0 Å². The minimum absolute atomic E-state index is 0.0562. The summed E-state index contributed by atoms with van der Waals surface area (Å²) in [7, 11) is 0. The number of halogens is 2. The molecule has 1 saturated heterocycles. The number of benzene rings is 3. The van der Waals surface area contributed by atoms with Crippen LogP contribution in [-0.2, 0) is 17.7 Å². The van der Waals surface area contributed by atoms with Crippen LogP contribution in [0.15, 0.2) is 60.7 Å². The van der Waals surface area contributed by atoms with Gasteiger partial charge in [0.15, 0.2) is 0 Å². The molecule has 0 spiro atoms. The third-order valence-electron chi connectivity index (χ3n) is 5.76. The first-order valence-electron chi connectivity index (χ1n) is 10.7. The molecule has 4 rings (SSSR count). The van der Waals surface area contributed by atoms with Crippen molar-refractivity contribution in [3.63, 3.8) is 0 Å². The summed E-state index contributed by atoms with van der Waals surface area (Å²) in [5.41, 5.74) is 1.37. The molecule has 4 nitrogen and oxygen atoms in total. The van der Waals surface area contributed by atoms with Gasteiger partial charge in [-0.25, -0.2) is 13.6 Å². The number of carbonyl (C=O) groups excluding carboxylic acids is 1. The second-order valence-electron chi connectivity index (χ2n) is 8.11. The van der Waals surface area contributed by atoms with E-state index in [0.717, 1.165) is 23.1 Å². The highest BCUT2D eigenvalue weighted by atomic mass is 32.1. The van der Waals surface area contributed by atoms with E-state index in [4.69, 9.17) is 4.74 Å². The highest BCUT2D eigenvalue weighted by Gasteiger charge is 2.34. The van der Waals surface area contributed by atoms with Crippen LogP contribution in [0, 0.1) is 11.6 Å². The third kappa shape index (κ3) is 5.58. The van der Waals surface area contributed by atoms with Crippen LogP contribution in [0.25, 0.3) is 10.8 Å². The molecule has 1 fully saturated rings. The molecule has 0 aliphatic carbocycles. The number of carbonyl (C=O) groups is 1. The van der Waals surface area contributed by atoms with Crippen LogP contribution < -0.4 is 5.32 Å². The molecule has 3 aromatic rings. The number of hydrogen-bond donors (Lipinski definition) is 2. The molecular weight excluding hydrogens is 430 g/mol. The summed E-state index contributed by atoms with van der Waals surface area (Å²) >= 11 is 4.52. The van der Waals surface area contributed by atoms with Crippen molar-refractivity contribution in [3.05, 3.63) is 83.4 Å². The molecule has 0 saturated carbocycles. The topological polar surface area (TPSA) is 41.6 Å². The number of fused-ring (bicyclic) bond motifs is 1. The predicted octanol–water partition coefficient (Wildman–Crippen LogP) is 4.96. The summed E-state index contributed by atoms with van der Waals surface area (Å²) in [6.45, 7) is 1.42. The molecule has 7 heteroatoms. The van der Waals surface area contributed by atoms with Gasteiger partial charge in [-0.3, -0.25) is 0 Å². The number of nitrogens with one attached hydrogen (secondary N) is 1. The van der Waals surface area contributed by atoms with E-state index >= 15 is 0 Å². The third-order valence-corrected chi connectivity index (χ3v) is 6.13. The van der Waals surface area contributed by atoms with E-state index < -0.39 is 11.6 Å². The van der Waals surface area contributed by atoms with E-state index in [2.05, 4.69) is 42.2 Å². The molecule has 32 heavy (non-hydrogen) atoms. The number of rotatable bonds is 7. The highest BCUT2D eigenvalue weighted by molar-refractivity contribution is 7.81. The standard InChI is InChI=1S/C25H26F2N2O2S/c26-21-7-8-24(27)20(12-21)14-28-15-22-13-23(32)16-29(22)25(30)31-10-9-17-5-6-18-3-1-2-4-19(18)11-17/h1-8,11-12,22-23,28,32H,9-10,13-16H2/t22-,23+/m0/s1. The Morgan fingerprint density at radius 3 is 2.75 bits per heavy atom.